The third-order valence-electron chi connectivity index (χ3n) is 1.20. The first kappa shape index (κ1) is 14.1. The molecule has 0 aromatic heterocycles. The van der Waals surface area contributed by atoms with Crippen molar-refractivity contribution in [1.82, 2.24) is 0 Å². The molecule has 0 aliphatic carbocycles. The monoisotopic (exact) mass is 285 g/mol. The van der Waals surface area contributed by atoms with Gasteiger partial charge in [0, 0.05) is 16.2 Å². The molecule has 0 fully saturated rings. The van der Waals surface area contributed by atoms with Crippen molar-refractivity contribution in [2.45, 2.75) is 20.2 Å². The van der Waals surface area contributed by atoms with Gasteiger partial charge >= 0.3 is 6.36 Å². The highest BCUT2D eigenvalue weighted by atomic mass is 79.9. The van der Waals surface area contributed by atoms with Crippen LogP contribution in [-0.2, 0) is 0 Å². The molecule has 0 heterocycles. The largest absolute Gasteiger partial charge is 0.573 e. The SMILES string of the molecule is CC.Nc1cc(OC(F)(F)F)ccc1Br. The summed E-state index contributed by atoms with van der Waals surface area (Å²) in [6.45, 7) is 4.00. The van der Waals surface area contributed by atoms with Gasteiger partial charge in [-0.1, -0.05) is 13.8 Å². The van der Waals surface area contributed by atoms with E-state index in [2.05, 4.69) is 20.7 Å². The Labute approximate surface area is 94.3 Å². The number of ether oxygens (including phenoxy) is 1. The molecule has 0 bridgehead atoms. The first-order valence-corrected chi connectivity index (χ1v) is 4.98. The molecule has 6 heteroatoms. The summed E-state index contributed by atoms with van der Waals surface area (Å²) in [5.41, 5.74) is 5.54. The van der Waals surface area contributed by atoms with Gasteiger partial charge in [0.1, 0.15) is 5.75 Å². The first-order valence-electron chi connectivity index (χ1n) is 4.19. The van der Waals surface area contributed by atoms with Gasteiger partial charge in [0.25, 0.3) is 0 Å². The lowest BCUT2D eigenvalue weighted by Crippen LogP contribution is -2.17. The predicted octanol–water partition coefficient (Wildman–Crippen LogP) is 3.96. The number of nitrogen functional groups attached to an aromatic ring is 1. The van der Waals surface area contributed by atoms with E-state index in [0.29, 0.717) is 4.47 Å². The van der Waals surface area contributed by atoms with Gasteiger partial charge in [0.2, 0.25) is 0 Å². The van der Waals surface area contributed by atoms with Crippen molar-refractivity contribution < 1.29 is 17.9 Å². The number of anilines is 1. The number of alkyl halides is 3. The van der Waals surface area contributed by atoms with Crippen molar-refractivity contribution >= 4 is 21.6 Å². The number of hydrogen-bond donors (Lipinski definition) is 1. The van der Waals surface area contributed by atoms with E-state index in [1.54, 1.807) is 0 Å². The van der Waals surface area contributed by atoms with Crippen molar-refractivity contribution in [3.63, 3.8) is 0 Å². The molecular formula is C9H11BrF3NO. The standard InChI is InChI=1S/C7H5BrF3NO.C2H6/c8-5-2-1-4(3-6(5)12)13-7(9,10)11;1-2/h1-3H,12H2;1-2H3. The highest BCUT2D eigenvalue weighted by Crippen LogP contribution is 2.28. The van der Waals surface area contributed by atoms with Crippen LogP contribution in [0.5, 0.6) is 5.75 Å². The zero-order valence-electron chi connectivity index (χ0n) is 8.23. The second-order valence-corrected chi connectivity index (χ2v) is 3.09. The fourth-order valence-corrected chi connectivity index (χ4v) is 0.966. The molecule has 2 nitrogen and oxygen atoms in total. The molecule has 1 rings (SSSR count). The van der Waals surface area contributed by atoms with E-state index in [0.717, 1.165) is 6.07 Å². The van der Waals surface area contributed by atoms with Crippen LogP contribution in [0.3, 0.4) is 0 Å². The van der Waals surface area contributed by atoms with Gasteiger partial charge < -0.3 is 10.5 Å². The molecule has 0 atom stereocenters. The van der Waals surface area contributed by atoms with E-state index in [1.165, 1.54) is 12.1 Å². The Hall–Kier alpha value is -0.910. The molecule has 0 aliphatic rings. The van der Waals surface area contributed by atoms with Crippen molar-refractivity contribution in [1.29, 1.82) is 0 Å². The first-order chi connectivity index (χ1) is 6.88. The Morgan fingerprint density at radius 3 is 2.20 bits per heavy atom. The van der Waals surface area contributed by atoms with Gasteiger partial charge in [-0.15, -0.1) is 13.2 Å². The van der Waals surface area contributed by atoms with E-state index < -0.39 is 6.36 Å². The molecule has 0 aliphatic heterocycles. The molecule has 15 heavy (non-hydrogen) atoms. The normalized spacial score (nSPS) is 10.3. The van der Waals surface area contributed by atoms with E-state index >= 15 is 0 Å². The highest BCUT2D eigenvalue weighted by molar-refractivity contribution is 9.10. The smallest absolute Gasteiger partial charge is 0.406 e. The van der Waals surface area contributed by atoms with Crippen LogP contribution in [0.2, 0.25) is 0 Å². The highest BCUT2D eigenvalue weighted by Gasteiger charge is 2.31. The lowest BCUT2D eigenvalue weighted by molar-refractivity contribution is -0.274. The molecule has 1 aromatic rings. The number of benzene rings is 1. The molecule has 1 aromatic carbocycles. The zero-order chi connectivity index (χ0) is 12.1. The predicted molar refractivity (Wildman–Crippen MR) is 56.6 cm³/mol. The lowest BCUT2D eigenvalue weighted by atomic mass is 10.3. The number of rotatable bonds is 1. The molecule has 0 spiro atoms. The van der Waals surface area contributed by atoms with Gasteiger partial charge in [-0.25, -0.2) is 0 Å². The van der Waals surface area contributed by atoms with Crippen LogP contribution in [0.4, 0.5) is 18.9 Å². The molecule has 0 unspecified atom stereocenters. The average Bonchev–Trinajstić information content (AvgIpc) is 2.12. The summed E-state index contributed by atoms with van der Waals surface area (Å²) in [5.74, 6) is -0.326. The van der Waals surface area contributed by atoms with E-state index in [-0.39, 0.29) is 11.4 Å². The summed E-state index contributed by atoms with van der Waals surface area (Å²) in [7, 11) is 0. The molecule has 0 radical (unpaired) electrons. The minimum Gasteiger partial charge on any atom is -0.406 e. The lowest BCUT2D eigenvalue weighted by Gasteiger charge is -2.09. The van der Waals surface area contributed by atoms with Crippen LogP contribution in [0.25, 0.3) is 0 Å². The van der Waals surface area contributed by atoms with E-state index in [4.69, 9.17) is 5.73 Å². The molecule has 0 amide bonds. The van der Waals surface area contributed by atoms with Gasteiger partial charge in [0.05, 0.1) is 0 Å². The molecule has 2 N–H and O–H groups in total. The average molecular weight is 286 g/mol. The summed E-state index contributed by atoms with van der Waals surface area (Å²) >= 11 is 3.05. The fraction of sp³-hybridized carbons (Fsp3) is 0.333. The zero-order valence-corrected chi connectivity index (χ0v) is 9.82. The van der Waals surface area contributed by atoms with Gasteiger partial charge in [-0.05, 0) is 28.1 Å². The third kappa shape index (κ3) is 5.51. The Balaban J connectivity index is 0.000000921. The molecule has 0 saturated carbocycles. The van der Waals surface area contributed by atoms with Crippen LogP contribution < -0.4 is 10.5 Å². The van der Waals surface area contributed by atoms with Gasteiger partial charge in [-0.3, -0.25) is 0 Å². The van der Waals surface area contributed by atoms with E-state index in [1.807, 2.05) is 13.8 Å². The number of hydrogen-bond acceptors (Lipinski definition) is 2. The maximum absolute atomic E-state index is 11.7. The Morgan fingerprint density at radius 1 is 1.27 bits per heavy atom. The quantitative estimate of drug-likeness (QED) is 0.793. The summed E-state index contributed by atoms with van der Waals surface area (Å²) < 4.78 is 39.3. The summed E-state index contributed by atoms with van der Waals surface area (Å²) in [6, 6.07) is 3.65. The second kappa shape index (κ2) is 5.85. The van der Waals surface area contributed by atoms with Crippen LogP contribution in [0.1, 0.15) is 13.8 Å². The number of nitrogens with two attached hydrogens (primary N) is 1. The van der Waals surface area contributed by atoms with Gasteiger partial charge in [0.15, 0.2) is 0 Å². The number of halogens is 4. The Kier molecular flexibility index (Phi) is 5.49. The van der Waals surface area contributed by atoms with Crippen molar-refractivity contribution in [2.75, 3.05) is 5.73 Å². The van der Waals surface area contributed by atoms with Crippen LogP contribution in [-0.4, -0.2) is 6.36 Å². The maximum Gasteiger partial charge on any atom is 0.573 e. The van der Waals surface area contributed by atoms with Crippen LogP contribution >= 0.6 is 15.9 Å². The van der Waals surface area contributed by atoms with Crippen LogP contribution in [0, 0.1) is 0 Å². The minimum atomic E-state index is -4.68. The van der Waals surface area contributed by atoms with Crippen molar-refractivity contribution in [3.05, 3.63) is 22.7 Å². The fourth-order valence-electron chi connectivity index (χ4n) is 0.719. The third-order valence-corrected chi connectivity index (χ3v) is 1.92. The van der Waals surface area contributed by atoms with Crippen molar-refractivity contribution in [3.8, 4) is 5.75 Å². The summed E-state index contributed by atoms with van der Waals surface area (Å²) in [6.07, 6.45) is -4.68. The summed E-state index contributed by atoms with van der Waals surface area (Å²) in [4.78, 5) is 0. The second-order valence-electron chi connectivity index (χ2n) is 2.23. The topological polar surface area (TPSA) is 35.2 Å². The molecular weight excluding hydrogens is 275 g/mol. The molecule has 86 valence electrons. The minimum absolute atomic E-state index is 0.196. The van der Waals surface area contributed by atoms with Gasteiger partial charge in [-0.2, -0.15) is 0 Å². The Morgan fingerprint density at radius 2 is 1.80 bits per heavy atom. The Bertz CT molecular complexity index is 315. The molecule has 0 saturated heterocycles. The maximum atomic E-state index is 11.7. The van der Waals surface area contributed by atoms with Crippen molar-refractivity contribution in [2.24, 2.45) is 0 Å². The van der Waals surface area contributed by atoms with Crippen LogP contribution in [0.15, 0.2) is 22.7 Å². The van der Waals surface area contributed by atoms with E-state index in [9.17, 15) is 13.2 Å². The summed E-state index contributed by atoms with van der Waals surface area (Å²) in [5, 5.41) is 0.